The van der Waals surface area contributed by atoms with Crippen molar-refractivity contribution in [1.29, 1.82) is 0 Å². The van der Waals surface area contributed by atoms with Gasteiger partial charge in [-0.1, -0.05) is 6.07 Å². The van der Waals surface area contributed by atoms with Gasteiger partial charge in [0, 0.05) is 42.9 Å². The third kappa shape index (κ3) is 3.13. The molecule has 152 valence electrons. The number of nitrogens with zero attached hydrogens (tertiary/aromatic N) is 5. The number of likely N-dealkylation sites (N-methyl/N-ethyl adjacent to an activating group) is 1. The first-order valence-corrected chi connectivity index (χ1v) is 10.5. The van der Waals surface area contributed by atoms with Gasteiger partial charge in [-0.15, -0.1) is 0 Å². The number of anilines is 3. The maximum absolute atomic E-state index is 13.2. The van der Waals surface area contributed by atoms with Crippen molar-refractivity contribution in [3.05, 3.63) is 41.7 Å². The number of amides is 2. The summed E-state index contributed by atoms with van der Waals surface area (Å²) in [5, 5.41) is 3.03. The van der Waals surface area contributed by atoms with Gasteiger partial charge in [-0.3, -0.25) is 9.88 Å². The molecule has 1 saturated carbocycles. The molecule has 2 unspecified atom stereocenters. The summed E-state index contributed by atoms with van der Waals surface area (Å²) in [6, 6.07) is 6.93. The van der Waals surface area contributed by atoms with Crippen molar-refractivity contribution < 1.29 is 4.79 Å². The Balaban J connectivity index is 1.41. The molecule has 5 rings (SSSR count). The van der Waals surface area contributed by atoms with E-state index in [1.165, 1.54) is 5.56 Å². The fraction of sp³-hybridized carbons (Fsp3) is 0.500. The lowest BCUT2D eigenvalue weighted by Gasteiger charge is -2.35. The van der Waals surface area contributed by atoms with Crippen molar-refractivity contribution in [3.8, 4) is 0 Å². The molecule has 0 spiro atoms. The van der Waals surface area contributed by atoms with Gasteiger partial charge in [0.25, 0.3) is 0 Å². The van der Waals surface area contributed by atoms with Crippen LogP contribution in [-0.2, 0) is 0 Å². The molecule has 2 aliphatic heterocycles. The van der Waals surface area contributed by atoms with Crippen LogP contribution < -0.4 is 15.1 Å². The molecule has 3 atom stereocenters. The molecule has 3 aliphatic rings. The summed E-state index contributed by atoms with van der Waals surface area (Å²) in [7, 11) is 4.27. The quantitative estimate of drug-likeness (QED) is 0.869. The summed E-state index contributed by atoms with van der Waals surface area (Å²) in [6.45, 7) is 3.95. The zero-order chi connectivity index (χ0) is 20.1. The van der Waals surface area contributed by atoms with E-state index in [2.05, 4.69) is 46.3 Å². The lowest BCUT2D eigenvalue weighted by Crippen LogP contribution is -2.46. The van der Waals surface area contributed by atoms with Gasteiger partial charge in [0.1, 0.15) is 11.6 Å². The Morgan fingerprint density at radius 2 is 2.07 bits per heavy atom. The van der Waals surface area contributed by atoms with Crippen LogP contribution in [0, 0.1) is 6.92 Å². The largest absolute Gasteiger partial charge is 0.355 e. The maximum Gasteiger partial charge on any atom is 0.327 e. The van der Waals surface area contributed by atoms with Crippen LogP contribution in [0.3, 0.4) is 0 Å². The lowest BCUT2D eigenvalue weighted by atomic mass is 9.78. The van der Waals surface area contributed by atoms with Crippen LogP contribution in [0.5, 0.6) is 0 Å². The van der Waals surface area contributed by atoms with E-state index in [-0.39, 0.29) is 12.1 Å². The number of pyridine rings is 2. The second kappa shape index (κ2) is 6.99. The van der Waals surface area contributed by atoms with E-state index >= 15 is 0 Å². The summed E-state index contributed by atoms with van der Waals surface area (Å²) in [5.74, 6) is 2.23. The van der Waals surface area contributed by atoms with Crippen molar-refractivity contribution in [3.63, 3.8) is 0 Å². The molecular formula is C22H28N6O. The van der Waals surface area contributed by atoms with Gasteiger partial charge in [0.15, 0.2) is 0 Å². The molecule has 1 aliphatic carbocycles. The van der Waals surface area contributed by atoms with E-state index in [1.807, 2.05) is 17.9 Å². The third-order valence-electron chi connectivity index (χ3n) is 6.65. The van der Waals surface area contributed by atoms with Gasteiger partial charge < -0.3 is 15.1 Å². The molecular weight excluding hydrogens is 364 g/mol. The van der Waals surface area contributed by atoms with Crippen molar-refractivity contribution >= 4 is 23.4 Å². The predicted octanol–water partition coefficient (Wildman–Crippen LogP) is 3.22. The van der Waals surface area contributed by atoms with Gasteiger partial charge >= 0.3 is 6.03 Å². The Morgan fingerprint density at radius 3 is 2.76 bits per heavy atom. The van der Waals surface area contributed by atoms with Gasteiger partial charge in [0.2, 0.25) is 0 Å². The molecule has 2 fully saturated rings. The first-order chi connectivity index (χ1) is 14.0. The van der Waals surface area contributed by atoms with Gasteiger partial charge in [-0.2, -0.15) is 0 Å². The normalized spacial score (nSPS) is 25.0. The lowest BCUT2D eigenvalue weighted by molar-refractivity contribution is 0.248. The summed E-state index contributed by atoms with van der Waals surface area (Å²) < 4.78 is 0. The Kier molecular flexibility index (Phi) is 4.42. The van der Waals surface area contributed by atoms with E-state index < -0.39 is 0 Å². The standard InChI is InChI=1S/C22H28N6O/c1-14-10-15(12-23-11-14)24-22(29)28-19-6-4-17(19)18-5-7-20(25-21(18)28)27-9-8-16(13-27)26(2)3/h5,7,10-12,16-17,19H,4,6,8-9,13H2,1-3H3,(H,24,29)/t16-,17?,19?/m0/s1. The molecule has 7 nitrogen and oxygen atoms in total. The Morgan fingerprint density at radius 1 is 1.21 bits per heavy atom. The molecule has 0 aromatic carbocycles. The highest BCUT2D eigenvalue weighted by Gasteiger charge is 2.48. The first-order valence-electron chi connectivity index (χ1n) is 10.5. The van der Waals surface area contributed by atoms with E-state index in [0.29, 0.717) is 12.0 Å². The smallest absolute Gasteiger partial charge is 0.327 e. The van der Waals surface area contributed by atoms with Crippen LogP contribution in [0.2, 0.25) is 0 Å². The van der Waals surface area contributed by atoms with E-state index in [0.717, 1.165) is 55.2 Å². The fourth-order valence-corrected chi connectivity index (χ4v) is 4.84. The van der Waals surface area contributed by atoms with Crippen LogP contribution in [0.1, 0.15) is 36.3 Å². The molecule has 1 saturated heterocycles. The average Bonchev–Trinajstić information content (AvgIpc) is 3.23. The Labute approximate surface area is 171 Å². The Hall–Kier alpha value is -2.67. The molecule has 1 N–H and O–H groups in total. The highest BCUT2D eigenvalue weighted by Crippen LogP contribution is 2.51. The van der Waals surface area contributed by atoms with Crippen molar-refractivity contribution in [1.82, 2.24) is 14.9 Å². The van der Waals surface area contributed by atoms with Gasteiger partial charge in [0.05, 0.1) is 11.9 Å². The van der Waals surface area contributed by atoms with Crippen LogP contribution in [0.15, 0.2) is 30.6 Å². The fourth-order valence-electron chi connectivity index (χ4n) is 4.84. The minimum absolute atomic E-state index is 0.108. The van der Waals surface area contributed by atoms with E-state index in [9.17, 15) is 4.79 Å². The number of fused-ring (bicyclic) bond motifs is 3. The van der Waals surface area contributed by atoms with E-state index in [1.54, 1.807) is 12.4 Å². The molecule has 2 aromatic rings. The summed E-state index contributed by atoms with van der Waals surface area (Å²) in [6.07, 6.45) is 6.77. The second-order valence-corrected chi connectivity index (χ2v) is 8.74. The summed E-state index contributed by atoms with van der Waals surface area (Å²) >= 11 is 0. The number of aryl methyl sites for hydroxylation is 1. The molecule has 0 bridgehead atoms. The van der Waals surface area contributed by atoms with Crippen LogP contribution >= 0.6 is 0 Å². The number of carbonyl (C=O) groups is 1. The third-order valence-corrected chi connectivity index (χ3v) is 6.65. The summed E-state index contributed by atoms with van der Waals surface area (Å²) in [4.78, 5) is 28.9. The molecule has 29 heavy (non-hydrogen) atoms. The number of carbonyl (C=O) groups excluding carboxylic acids is 1. The zero-order valence-electron chi connectivity index (χ0n) is 17.3. The number of hydrogen-bond acceptors (Lipinski definition) is 5. The number of hydrogen-bond donors (Lipinski definition) is 1. The topological polar surface area (TPSA) is 64.6 Å². The average molecular weight is 393 g/mol. The van der Waals surface area contributed by atoms with Crippen molar-refractivity contribution in [2.24, 2.45) is 0 Å². The molecule has 2 amide bonds. The Bertz CT molecular complexity index is 945. The highest BCUT2D eigenvalue weighted by molar-refractivity contribution is 6.03. The molecule has 7 heteroatoms. The van der Waals surface area contributed by atoms with Gasteiger partial charge in [-0.05, 0) is 58.0 Å². The SMILES string of the molecule is Cc1cncc(NC(=O)N2c3nc(N4CC[C@H](N(C)C)C4)ccc3C3CCC32)c1. The first kappa shape index (κ1) is 18.4. The van der Waals surface area contributed by atoms with E-state index in [4.69, 9.17) is 4.98 Å². The minimum atomic E-state index is -0.108. The predicted molar refractivity (Wildman–Crippen MR) is 115 cm³/mol. The minimum Gasteiger partial charge on any atom is -0.355 e. The molecule has 0 radical (unpaired) electrons. The van der Waals surface area contributed by atoms with Crippen molar-refractivity contribution in [2.45, 2.75) is 44.2 Å². The van der Waals surface area contributed by atoms with Crippen molar-refractivity contribution in [2.75, 3.05) is 42.3 Å². The molecule has 2 aromatic heterocycles. The number of rotatable bonds is 3. The van der Waals surface area contributed by atoms with Gasteiger partial charge in [-0.25, -0.2) is 9.78 Å². The monoisotopic (exact) mass is 392 g/mol. The summed E-state index contributed by atoms with van der Waals surface area (Å²) in [5.41, 5.74) is 2.96. The second-order valence-electron chi connectivity index (χ2n) is 8.74. The number of urea groups is 1. The van der Waals surface area contributed by atoms with Crippen LogP contribution in [0.4, 0.5) is 22.1 Å². The van der Waals surface area contributed by atoms with Crippen LogP contribution in [-0.4, -0.2) is 60.2 Å². The molecule has 4 heterocycles. The maximum atomic E-state index is 13.2. The number of nitrogens with one attached hydrogen (secondary N) is 1. The zero-order valence-corrected chi connectivity index (χ0v) is 17.3. The number of aromatic nitrogens is 2. The highest BCUT2D eigenvalue weighted by atomic mass is 16.2. The van der Waals surface area contributed by atoms with Crippen LogP contribution in [0.25, 0.3) is 0 Å².